The number of hydrogen-bond acceptors (Lipinski definition) is 5. The van der Waals surface area contributed by atoms with Crippen LogP contribution in [-0.4, -0.2) is 37.5 Å². The Kier molecular flexibility index (Phi) is 9.05. The lowest BCUT2D eigenvalue weighted by atomic mass is 10.0. The van der Waals surface area contributed by atoms with Gasteiger partial charge in [0.2, 0.25) is 5.91 Å². The van der Waals surface area contributed by atoms with E-state index in [-0.39, 0.29) is 23.3 Å². The Labute approximate surface area is 211 Å². The highest BCUT2D eigenvalue weighted by Gasteiger charge is 2.26. The van der Waals surface area contributed by atoms with E-state index in [0.29, 0.717) is 35.0 Å². The van der Waals surface area contributed by atoms with Gasteiger partial charge in [0.05, 0.1) is 25.0 Å². The Balaban J connectivity index is 1.71. The zero-order valence-corrected chi connectivity index (χ0v) is 20.8. The van der Waals surface area contributed by atoms with E-state index in [9.17, 15) is 14.4 Å². The monoisotopic (exact) mass is 489 g/mol. The topological polar surface area (TPSA) is 106 Å². The second kappa shape index (κ2) is 12.4. The van der Waals surface area contributed by atoms with Gasteiger partial charge in [-0.2, -0.15) is 0 Å². The van der Waals surface area contributed by atoms with E-state index in [1.807, 2.05) is 20.8 Å². The SMILES string of the molecule is CCOc1ccc(NC(=O)[C@@H](NC(=O)c2ccccc2NC(=O)c2ccc(OC)cc2)C(C)C)cc1. The molecule has 0 heterocycles. The van der Waals surface area contributed by atoms with E-state index in [0.717, 1.165) is 0 Å². The van der Waals surface area contributed by atoms with Gasteiger partial charge in [0.15, 0.2) is 0 Å². The van der Waals surface area contributed by atoms with Crippen LogP contribution < -0.4 is 25.4 Å². The number of methoxy groups -OCH3 is 1. The molecular weight excluding hydrogens is 458 g/mol. The van der Waals surface area contributed by atoms with E-state index in [1.54, 1.807) is 79.9 Å². The molecule has 0 spiro atoms. The van der Waals surface area contributed by atoms with E-state index in [2.05, 4.69) is 16.0 Å². The number of nitrogens with one attached hydrogen (secondary N) is 3. The first-order chi connectivity index (χ1) is 17.3. The smallest absolute Gasteiger partial charge is 0.255 e. The molecule has 188 valence electrons. The number of carbonyl (C=O) groups excluding carboxylic acids is 3. The van der Waals surface area contributed by atoms with Crippen molar-refractivity contribution in [3.63, 3.8) is 0 Å². The lowest BCUT2D eigenvalue weighted by Crippen LogP contribution is -2.47. The molecule has 3 amide bonds. The molecule has 0 aliphatic heterocycles. The number of amides is 3. The highest BCUT2D eigenvalue weighted by atomic mass is 16.5. The van der Waals surface area contributed by atoms with Gasteiger partial charge in [-0.15, -0.1) is 0 Å². The summed E-state index contributed by atoms with van der Waals surface area (Å²) in [6, 6.07) is 19.5. The number of anilines is 2. The molecule has 1 atom stereocenters. The summed E-state index contributed by atoms with van der Waals surface area (Å²) in [4.78, 5) is 38.9. The maximum atomic E-state index is 13.2. The molecule has 36 heavy (non-hydrogen) atoms. The molecule has 0 bridgehead atoms. The molecule has 3 aromatic rings. The average Bonchev–Trinajstić information content (AvgIpc) is 2.88. The minimum atomic E-state index is -0.797. The van der Waals surface area contributed by atoms with Gasteiger partial charge in [0.25, 0.3) is 11.8 Å². The van der Waals surface area contributed by atoms with Crippen LogP contribution in [0, 0.1) is 5.92 Å². The summed E-state index contributed by atoms with van der Waals surface area (Å²) in [5, 5.41) is 8.43. The Bertz CT molecular complexity index is 1190. The van der Waals surface area contributed by atoms with Gasteiger partial charge in [-0.25, -0.2) is 0 Å². The van der Waals surface area contributed by atoms with E-state index in [4.69, 9.17) is 9.47 Å². The first-order valence-electron chi connectivity index (χ1n) is 11.7. The third kappa shape index (κ3) is 6.85. The molecule has 0 aromatic heterocycles. The van der Waals surface area contributed by atoms with Crippen molar-refractivity contribution in [2.45, 2.75) is 26.8 Å². The molecule has 3 aromatic carbocycles. The molecular formula is C28H31N3O5. The van der Waals surface area contributed by atoms with Crippen LogP contribution in [0.2, 0.25) is 0 Å². The zero-order chi connectivity index (χ0) is 26.1. The largest absolute Gasteiger partial charge is 0.497 e. The lowest BCUT2D eigenvalue weighted by Gasteiger charge is -2.22. The van der Waals surface area contributed by atoms with Crippen molar-refractivity contribution in [3.05, 3.63) is 83.9 Å². The van der Waals surface area contributed by atoms with Gasteiger partial charge >= 0.3 is 0 Å². The van der Waals surface area contributed by atoms with Crippen molar-refractivity contribution in [1.82, 2.24) is 5.32 Å². The summed E-state index contributed by atoms with van der Waals surface area (Å²) >= 11 is 0. The summed E-state index contributed by atoms with van der Waals surface area (Å²) in [6.07, 6.45) is 0. The molecule has 0 radical (unpaired) electrons. The van der Waals surface area contributed by atoms with Crippen molar-refractivity contribution in [3.8, 4) is 11.5 Å². The van der Waals surface area contributed by atoms with Crippen LogP contribution in [0.1, 0.15) is 41.5 Å². The number of para-hydroxylation sites is 1. The number of carbonyl (C=O) groups is 3. The van der Waals surface area contributed by atoms with Crippen LogP contribution >= 0.6 is 0 Å². The average molecular weight is 490 g/mol. The van der Waals surface area contributed by atoms with Crippen LogP contribution in [0.15, 0.2) is 72.8 Å². The first kappa shape index (κ1) is 26.3. The van der Waals surface area contributed by atoms with Crippen molar-refractivity contribution < 1.29 is 23.9 Å². The minimum Gasteiger partial charge on any atom is -0.497 e. The number of benzene rings is 3. The van der Waals surface area contributed by atoms with Gasteiger partial charge < -0.3 is 25.4 Å². The van der Waals surface area contributed by atoms with Gasteiger partial charge in [-0.05, 0) is 73.5 Å². The van der Waals surface area contributed by atoms with Gasteiger partial charge in [-0.1, -0.05) is 26.0 Å². The maximum absolute atomic E-state index is 13.2. The summed E-state index contributed by atoms with van der Waals surface area (Å²) in [5.74, 6) is -0.0280. The maximum Gasteiger partial charge on any atom is 0.255 e. The molecule has 0 fully saturated rings. The summed E-state index contributed by atoms with van der Waals surface area (Å²) < 4.78 is 10.5. The third-order valence-corrected chi connectivity index (χ3v) is 5.44. The second-order valence-corrected chi connectivity index (χ2v) is 8.37. The molecule has 0 aliphatic rings. The predicted octanol–water partition coefficient (Wildman–Crippen LogP) is 4.74. The molecule has 8 nitrogen and oxygen atoms in total. The summed E-state index contributed by atoms with van der Waals surface area (Å²) in [7, 11) is 1.55. The quantitative estimate of drug-likeness (QED) is 0.382. The van der Waals surface area contributed by atoms with Gasteiger partial charge in [0, 0.05) is 11.3 Å². The fourth-order valence-corrected chi connectivity index (χ4v) is 3.50. The zero-order valence-electron chi connectivity index (χ0n) is 20.8. The molecule has 8 heteroatoms. The van der Waals surface area contributed by atoms with E-state index < -0.39 is 11.9 Å². The minimum absolute atomic E-state index is 0.183. The van der Waals surface area contributed by atoms with E-state index in [1.165, 1.54) is 0 Å². The second-order valence-electron chi connectivity index (χ2n) is 8.37. The predicted molar refractivity (Wildman–Crippen MR) is 140 cm³/mol. The molecule has 3 rings (SSSR count). The summed E-state index contributed by atoms with van der Waals surface area (Å²) in [5.41, 5.74) is 1.60. The molecule has 0 saturated carbocycles. The van der Waals surface area contributed by atoms with Crippen LogP contribution in [0.4, 0.5) is 11.4 Å². The third-order valence-electron chi connectivity index (χ3n) is 5.44. The van der Waals surface area contributed by atoms with Crippen LogP contribution in [-0.2, 0) is 4.79 Å². The standard InChI is InChI=1S/C28H31N3O5/c1-5-36-22-16-12-20(13-17-22)29-28(34)25(18(2)3)31-27(33)23-8-6-7-9-24(23)30-26(32)19-10-14-21(35-4)15-11-19/h6-18,25H,5H2,1-4H3,(H,29,34)(H,30,32)(H,31,33)/t25-/m0/s1. The Hall–Kier alpha value is -4.33. The molecule has 0 saturated heterocycles. The first-order valence-corrected chi connectivity index (χ1v) is 11.7. The van der Waals surface area contributed by atoms with Crippen LogP contribution in [0.3, 0.4) is 0 Å². The fraction of sp³-hybridized carbons (Fsp3) is 0.250. The highest BCUT2D eigenvalue weighted by molar-refractivity contribution is 6.10. The van der Waals surface area contributed by atoms with Crippen molar-refractivity contribution >= 4 is 29.1 Å². The molecule has 0 unspecified atom stereocenters. The molecule has 0 aliphatic carbocycles. The Morgan fingerprint density at radius 1 is 0.806 bits per heavy atom. The van der Waals surface area contributed by atoms with Crippen LogP contribution in [0.5, 0.6) is 11.5 Å². The Morgan fingerprint density at radius 2 is 1.44 bits per heavy atom. The Morgan fingerprint density at radius 3 is 2.06 bits per heavy atom. The number of ether oxygens (including phenoxy) is 2. The summed E-state index contributed by atoms with van der Waals surface area (Å²) in [6.45, 7) is 6.14. The molecule has 3 N–H and O–H groups in total. The lowest BCUT2D eigenvalue weighted by molar-refractivity contribution is -0.118. The van der Waals surface area contributed by atoms with Crippen LogP contribution in [0.25, 0.3) is 0 Å². The van der Waals surface area contributed by atoms with Crippen molar-refractivity contribution in [2.75, 3.05) is 24.4 Å². The fourth-order valence-electron chi connectivity index (χ4n) is 3.50. The number of rotatable bonds is 10. The highest BCUT2D eigenvalue weighted by Crippen LogP contribution is 2.20. The van der Waals surface area contributed by atoms with Crippen molar-refractivity contribution in [2.24, 2.45) is 5.92 Å². The van der Waals surface area contributed by atoms with Gasteiger partial charge in [-0.3, -0.25) is 14.4 Å². The number of hydrogen-bond donors (Lipinski definition) is 3. The van der Waals surface area contributed by atoms with E-state index >= 15 is 0 Å². The normalized spacial score (nSPS) is 11.4. The van der Waals surface area contributed by atoms with Gasteiger partial charge in [0.1, 0.15) is 17.5 Å². The van der Waals surface area contributed by atoms with Crippen molar-refractivity contribution in [1.29, 1.82) is 0 Å².